The van der Waals surface area contributed by atoms with Crippen LogP contribution in [0.15, 0.2) is 36.5 Å². The van der Waals surface area contributed by atoms with Crippen molar-refractivity contribution in [3.63, 3.8) is 0 Å². The van der Waals surface area contributed by atoms with E-state index in [9.17, 15) is 4.79 Å². The van der Waals surface area contributed by atoms with Crippen molar-refractivity contribution in [3.8, 4) is 0 Å². The summed E-state index contributed by atoms with van der Waals surface area (Å²) in [5.74, 6) is 0.984. The molecule has 2 atom stereocenters. The number of hydrogen-bond acceptors (Lipinski definition) is 7. The van der Waals surface area contributed by atoms with Crippen LogP contribution in [0.5, 0.6) is 0 Å². The molecule has 1 saturated carbocycles. The van der Waals surface area contributed by atoms with E-state index >= 15 is 0 Å². The molecule has 0 unspecified atom stereocenters. The van der Waals surface area contributed by atoms with Gasteiger partial charge in [-0.05, 0) is 69.5 Å². The second-order valence-electron chi connectivity index (χ2n) is 10.2. The zero-order valence-electron chi connectivity index (χ0n) is 21.3. The van der Waals surface area contributed by atoms with E-state index in [0.29, 0.717) is 29.5 Å². The van der Waals surface area contributed by atoms with Gasteiger partial charge in [-0.1, -0.05) is 19.3 Å². The van der Waals surface area contributed by atoms with Gasteiger partial charge in [-0.25, -0.2) is 14.8 Å². The highest BCUT2D eigenvalue weighted by molar-refractivity contribution is 5.91. The van der Waals surface area contributed by atoms with Crippen molar-refractivity contribution in [1.29, 1.82) is 0 Å². The smallest absolute Gasteiger partial charge is 0.320 e. The lowest BCUT2D eigenvalue weighted by Gasteiger charge is -2.37. The highest BCUT2D eigenvalue weighted by atomic mass is 16.2. The average Bonchev–Trinajstić information content (AvgIpc) is 2.85. The molecule has 190 valence electrons. The summed E-state index contributed by atoms with van der Waals surface area (Å²) in [5, 5.41) is 13.7. The summed E-state index contributed by atoms with van der Waals surface area (Å²) in [6, 6.07) is 11.3. The standard InChI is InChI=1S/C27H36N8O/c1-17-13-20-14-28-26(30-22-9-11-23(12-10-22)35-15-18(2)29-19(3)16-35)33-25(20)32-24(17)34-27(36)31-21-7-5-4-6-8-21/h9-14,18-19,21,29H,4-8,15-16H2,1-3H3,(H3,28,30,31,32,33,34,36)/t18-,19+. The fourth-order valence-electron chi connectivity index (χ4n) is 5.25. The third-order valence-electron chi connectivity index (χ3n) is 6.98. The number of nitrogens with one attached hydrogen (secondary N) is 4. The first kappa shape index (κ1) is 24.2. The Morgan fingerprint density at radius 1 is 1.03 bits per heavy atom. The van der Waals surface area contributed by atoms with Gasteiger partial charge in [0.05, 0.1) is 0 Å². The number of hydrogen-bond donors (Lipinski definition) is 4. The molecule has 3 heterocycles. The molecule has 0 spiro atoms. The molecule has 1 aromatic carbocycles. The molecule has 0 radical (unpaired) electrons. The number of benzene rings is 1. The lowest BCUT2D eigenvalue weighted by molar-refractivity contribution is 0.244. The Hall–Kier alpha value is -3.46. The number of carbonyl (C=O) groups excluding carboxylic acids is 1. The van der Waals surface area contributed by atoms with Crippen LogP contribution in [0.25, 0.3) is 11.0 Å². The monoisotopic (exact) mass is 488 g/mol. The molecule has 1 aliphatic carbocycles. The Labute approximate surface area is 212 Å². The van der Waals surface area contributed by atoms with Crippen LogP contribution in [0.2, 0.25) is 0 Å². The molecule has 4 N–H and O–H groups in total. The minimum absolute atomic E-state index is 0.211. The van der Waals surface area contributed by atoms with Crippen molar-refractivity contribution >= 4 is 40.2 Å². The van der Waals surface area contributed by atoms with Crippen LogP contribution in [0.3, 0.4) is 0 Å². The lowest BCUT2D eigenvalue weighted by Crippen LogP contribution is -2.54. The van der Waals surface area contributed by atoms with Crippen molar-refractivity contribution in [2.24, 2.45) is 0 Å². The summed E-state index contributed by atoms with van der Waals surface area (Å²) >= 11 is 0. The van der Waals surface area contributed by atoms with Gasteiger partial charge in [0, 0.05) is 54.2 Å². The molecule has 36 heavy (non-hydrogen) atoms. The minimum atomic E-state index is -0.211. The van der Waals surface area contributed by atoms with E-state index in [0.717, 1.165) is 42.6 Å². The van der Waals surface area contributed by atoms with Gasteiger partial charge in [0.1, 0.15) is 5.82 Å². The van der Waals surface area contributed by atoms with Gasteiger partial charge >= 0.3 is 6.03 Å². The van der Waals surface area contributed by atoms with Crippen LogP contribution in [-0.2, 0) is 0 Å². The van der Waals surface area contributed by atoms with Gasteiger partial charge in [-0.15, -0.1) is 0 Å². The molecule has 9 heteroatoms. The molecule has 2 amide bonds. The third-order valence-corrected chi connectivity index (χ3v) is 6.98. The van der Waals surface area contributed by atoms with Crippen LogP contribution in [-0.4, -0.2) is 52.2 Å². The summed E-state index contributed by atoms with van der Waals surface area (Å²) in [5.41, 5.74) is 3.52. The molecule has 2 aliphatic rings. The van der Waals surface area contributed by atoms with Crippen LogP contribution in [0.1, 0.15) is 51.5 Å². The minimum Gasteiger partial charge on any atom is -0.368 e. The largest absolute Gasteiger partial charge is 0.368 e. The van der Waals surface area contributed by atoms with E-state index in [1.807, 2.05) is 25.1 Å². The van der Waals surface area contributed by atoms with Crippen LogP contribution < -0.4 is 26.2 Å². The maximum atomic E-state index is 12.5. The number of urea groups is 1. The van der Waals surface area contributed by atoms with Crippen molar-refractivity contribution in [1.82, 2.24) is 25.6 Å². The summed E-state index contributed by atoms with van der Waals surface area (Å²) < 4.78 is 0. The molecular weight excluding hydrogens is 452 g/mol. The van der Waals surface area contributed by atoms with Crippen LogP contribution >= 0.6 is 0 Å². The first-order chi connectivity index (χ1) is 17.4. The quantitative estimate of drug-likeness (QED) is 0.412. The third kappa shape index (κ3) is 5.84. The Kier molecular flexibility index (Phi) is 7.18. The van der Waals surface area contributed by atoms with Gasteiger partial charge in [-0.2, -0.15) is 4.98 Å². The maximum Gasteiger partial charge on any atom is 0.320 e. The van der Waals surface area contributed by atoms with Crippen molar-refractivity contribution in [3.05, 3.63) is 42.1 Å². The Bertz CT molecular complexity index is 1200. The van der Waals surface area contributed by atoms with E-state index in [4.69, 9.17) is 0 Å². The Morgan fingerprint density at radius 3 is 2.47 bits per heavy atom. The highest BCUT2D eigenvalue weighted by Crippen LogP contribution is 2.24. The fourth-order valence-corrected chi connectivity index (χ4v) is 5.25. The number of pyridine rings is 1. The summed E-state index contributed by atoms with van der Waals surface area (Å²) in [6.07, 6.45) is 7.42. The predicted octanol–water partition coefficient (Wildman–Crippen LogP) is 4.72. The number of nitrogens with zero attached hydrogens (tertiary/aromatic N) is 4. The van der Waals surface area contributed by atoms with E-state index < -0.39 is 0 Å². The number of aromatic nitrogens is 3. The fraction of sp³-hybridized carbons (Fsp3) is 0.481. The summed E-state index contributed by atoms with van der Waals surface area (Å²) in [4.78, 5) is 28.6. The average molecular weight is 489 g/mol. The van der Waals surface area contributed by atoms with E-state index in [2.05, 4.69) is 67.1 Å². The van der Waals surface area contributed by atoms with Crippen LogP contribution in [0.4, 0.5) is 27.9 Å². The van der Waals surface area contributed by atoms with Gasteiger partial charge in [-0.3, -0.25) is 5.32 Å². The summed E-state index contributed by atoms with van der Waals surface area (Å²) in [6.45, 7) is 8.34. The molecular formula is C27H36N8O. The van der Waals surface area contributed by atoms with Crippen molar-refractivity contribution in [2.45, 2.75) is 71.0 Å². The van der Waals surface area contributed by atoms with Gasteiger partial charge in [0.2, 0.25) is 5.95 Å². The predicted molar refractivity (Wildman–Crippen MR) is 145 cm³/mol. The normalized spacial score (nSPS) is 20.8. The Balaban J connectivity index is 1.26. The maximum absolute atomic E-state index is 12.5. The molecule has 2 aromatic heterocycles. The zero-order chi connectivity index (χ0) is 25.1. The molecule has 1 aliphatic heterocycles. The lowest BCUT2D eigenvalue weighted by atomic mass is 9.96. The van der Waals surface area contributed by atoms with E-state index in [-0.39, 0.29) is 12.1 Å². The number of fused-ring (bicyclic) bond motifs is 1. The zero-order valence-corrected chi connectivity index (χ0v) is 21.3. The molecule has 2 fully saturated rings. The second-order valence-corrected chi connectivity index (χ2v) is 10.2. The van der Waals surface area contributed by atoms with E-state index in [1.54, 1.807) is 6.20 Å². The number of aryl methyl sites for hydroxylation is 1. The first-order valence-corrected chi connectivity index (χ1v) is 13.0. The Morgan fingerprint density at radius 2 is 1.75 bits per heavy atom. The molecule has 1 saturated heterocycles. The highest BCUT2D eigenvalue weighted by Gasteiger charge is 2.21. The van der Waals surface area contributed by atoms with Crippen molar-refractivity contribution in [2.75, 3.05) is 28.6 Å². The molecule has 5 rings (SSSR count). The first-order valence-electron chi connectivity index (χ1n) is 13.0. The number of amides is 2. The number of piperazine rings is 1. The molecule has 3 aromatic rings. The van der Waals surface area contributed by atoms with E-state index in [1.165, 1.54) is 24.9 Å². The molecule has 0 bridgehead atoms. The topological polar surface area (TPSA) is 107 Å². The SMILES string of the molecule is Cc1cc2cnc(Nc3ccc(N4C[C@@H](C)N[C@@H](C)C4)cc3)nc2nc1NC(=O)NC1CCCCC1. The number of carbonyl (C=O) groups is 1. The summed E-state index contributed by atoms with van der Waals surface area (Å²) in [7, 11) is 0. The van der Waals surface area contributed by atoms with Gasteiger partial charge in [0.25, 0.3) is 0 Å². The number of anilines is 4. The van der Waals surface area contributed by atoms with Gasteiger partial charge in [0.15, 0.2) is 5.65 Å². The van der Waals surface area contributed by atoms with Crippen molar-refractivity contribution < 1.29 is 4.79 Å². The second kappa shape index (κ2) is 10.7. The van der Waals surface area contributed by atoms with Gasteiger partial charge < -0.3 is 20.9 Å². The number of rotatable bonds is 5. The van der Waals surface area contributed by atoms with Crippen LogP contribution in [0, 0.1) is 6.92 Å². The molecule has 9 nitrogen and oxygen atoms in total.